The van der Waals surface area contributed by atoms with Crippen molar-refractivity contribution in [3.63, 3.8) is 0 Å². The van der Waals surface area contributed by atoms with Crippen molar-refractivity contribution in [2.45, 2.75) is 19.3 Å². The smallest absolute Gasteiger partial charge is 0.238 e. The molecule has 0 spiro atoms. The van der Waals surface area contributed by atoms with Crippen LogP contribution in [0.2, 0.25) is 0 Å². The molecule has 0 atom stereocenters. The normalized spacial score (nSPS) is 15.6. The van der Waals surface area contributed by atoms with Gasteiger partial charge in [0.1, 0.15) is 0 Å². The first-order valence-electron chi connectivity index (χ1n) is 9.56. The Hall–Kier alpha value is -2.92. The van der Waals surface area contributed by atoms with Crippen molar-refractivity contribution in [1.82, 2.24) is 15.1 Å². The number of anilines is 1. The number of nitrogens with zero attached hydrogens (tertiary/aromatic N) is 2. The first kappa shape index (κ1) is 16.3. The van der Waals surface area contributed by atoms with Gasteiger partial charge in [-0.2, -0.15) is 5.10 Å². The van der Waals surface area contributed by atoms with Crippen molar-refractivity contribution < 1.29 is 4.79 Å². The molecule has 0 saturated carbocycles. The molecule has 3 aromatic rings. The van der Waals surface area contributed by atoms with E-state index in [1.165, 1.54) is 29.5 Å². The Bertz CT molecular complexity index is 987. The van der Waals surface area contributed by atoms with Crippen LogP contribution >= 0.6 is 0 Å². The maximum absolute atomic E-state index is 12.3. The minimum absolute atomic E-state index is 0.0695. The van der Waals surface area contributed by atoms with Gasteiger partial charge in [-0.25, -0.2) is 0 Å². The van der Waals surface area contributed by atoms with Crippen molar-refractivity contribution >= 4 is 11.6 Å². The zero-order valence-electron chi connectivity index (χ0n) is 15.2. The summed E-state index contributed by atoms with van der Waals surface area (Å²) in [6, 6.07) is 16.4. The van der Waals surface area contributed by atoms with Crippen molar-refractivity contribution in [3.05, 3.63) is 59.7 Å². The number of carbonyl (C=O) groups excluding carboxylic acids is 1. The summed E-state index contributed by atoms with van der Waals surface area (Å²) in [5.74, 6) is 0.0695. The molecule has 1 fully saturated rings. The highest BCUT2D eigenvalue weighted by Gasteiger charge is 2.25. The number of rotatable bonds is 4. The fourth-order valence-corrected chi connectivity index (χ4v) is 4.19. The Morgan fingerprint density at radius 1 is 1.11 bits per heavy atom. The molecule has 0 radical (unpaired) electrons. The molecule has 1 saturated heterocycles. The van der Waals surface area contributed by atoms with Crippen LogP contribution in [0.5, 0.6) is 0 Å². The summed E-state index contributed by atoms with van der Waals surface area (Å²) in [5, 5.41) is 10.8. The molecular formula is C22H22N4O. The van der Waals surface area contributed by atoms with Crippen molar-refractivity contribution in [2.24, 2.45) is 0 Å². The molecule has 2 aromatic carbocycles. The first-order chi connectivity index (χ1) is 13.3. The number of amides is 1. The molecule has 2 N–H and O–H groups in total. The highest BCUT2D eigenvalue weighted by atomic mass is 16.2. The average Bonchev–Trinajstić information content (AvgIpc) is 3.39. The van der Waals surface area contributed by atoms with Gasteiger partial charge in [-0.05, 0) is 43.6 Å². The topological polar surface area (TPSA) is 61.0 Å². The zero-order chi connectivity index (χ0) is 18.2. The van der Waals surface area contributed by atoms with Gasteiger partial charge in [-0.1, -0.05) is 36.4 Å². The van der Waals surface area contributed by atoms with Gasteiger partial charge in [0.2, 0.25) is 5.91 Å². The molecule has 1 aliphatic heterocycles. The fourth-order valence-electron chi connectivity index (χ4n) is 4.19. The molecule has 0 bridgehead atoms. The van der Waals surface area contributed by atoms with E-state index >= 15 is 0 Å². The molecule has 5 rings (SSSR count). The van der Waals surface area contributed by atoms with E-state index < -0.39 is 0 Å². The van der Waals surface area contributed by atoms with Crippen LogP contribution in [-0.2, 0) is 11.2 Å². The zero-order valence-corrected chi connectivity index (χ0v) is 15.2. The van der Waals surface area contributed by atoms with Crippen LogP contribution in [-0.4, -0.2) is 40.6 Å². The molecule has 136 valence electrons. The number of benzene rings is 2. The number of nitrogens with one attached hydrogen (secondary N) is 2. The lowest BCUT2D eigenvalue weighted by molar-refractivity contribution is -0.117. The van der Waals surface area contributed by atoms with E-state index in [9.17, 15) is 4.79 Å². The SMILES string of the molecule is O=C(CN1CCCC1)Nc1ccc2c(c1)Cc1c(-c3ccccc3)n[nH]c1-2. The predicted octanol–water partition coefficient (Wildman–Crippen LogP) is 3.68. The number of H-pyrrole nitrogens is 1. The van der Waals surface area contributed by atoms with Crippen LogP contribution in [0.4, 0.5) is 5.69 Å². The maximum atomic E-state index is 12.3. The number of aromatic nitrogens is 2. The number of fused-ring (bicyclic) bond motifs is 3. The standard InChI is InChI=1S/C22H22N4O/c27-20(14-26-10-4-5-11-26)23-17-8-9-18-16(12-17)13-19-21(24-25-22(18)19)15-6-2-1-3-7-15/h1-3,6-9,12H,4-5,10-11,13-14H2,(H,23,27)(H,24,25). The van der Waals surface area contributed by atoms with Gasteiger partial charge in [0, 0.05) is 28.8 Å². The van der Waals surface area contributed by atoms with Crippen LogP contribution < -0.4 is 5.32 Å². The summed E-state index contributed by atoms with van der Waals surface area (Å²) in [6.45, 7) is 2.54. The molecular weight excluding hydrogens is 336 g/mol. The van der Waals surface area contributed by atoms with Crippen LogP contribution in [0.15, 0.2) is 48.5 Å². The van der Waals surface area contributed by atoms with E-state index in [0.717, 1.165) is 42.1 Å². The molecule has 5 nitrogen and oxygen atoms in total. The fraction of sp³-hybridized carbons (Fsp3) is 0.273. The van der Waals surface area contributed by atoms with E-state index in [4.69, 9.17) is 0 Å². The number of hydrogen-bond acceptors (Lipinski definition) is 3. The Labute approximate surface area is 158 Å². The highest BCUT2D eigenvalue weighted by Crippen LogP contribution is 2.40. The Morgan fingerprint density at radius 3 is 2.74 bits per heavy atom. The van der Waals surface area contributed by atoms with Crippen molar-refractivity contribution in [2.75, 3.05) is 25.0 Å². The Morgan fingerprint density at radius 2 is 1.93 bits per heavy atom. The summed E-state index contributed by atoms with van der Waals surface area (Å²) in [6.07, 6.45) is 3.23. The number of carbonyl (C=O) groups is 1. The third kappa shape index (κ3) is 3.04. The molecule has 1 aromatic heterocycles. The minimum Gasteiger partial charge on any atom is -0.325 e. The van der Waals surface area contributed by atoms with E-state index in [1.807, 2.05) is 24.3 Å². The monoisotopic (exact) mass is 358 g/mol. The molecule has 1 aliphatic carbocycles. The molecule has 1 amide bonds. The summed E-state index contributed by atoms with van der Waals surface area (Å²) >= 11 is 0. The summed E-state index contributed by atoms with van der Waals surface area (Å²) in [4.78, 5) is 14.5. The molecule has 2 aliphatic rings. The van der Waals surface area contributed by atoms with Gasteiger partial charge in [0.25, 0.3) is 0 Å². The lowest BCUT2D eigenvalue weighted by Crippen LogP contribution is -2.30. The minimum atomic E-state index is 0.0695. The van der Waals surface area contributed by atoms with Gasteiger partial charge >= 0.3 is 0 Å². The summed E-state index contributed by atoms with van der Waals surface area (Å²) in [7, 11) is 0. The number of likely N-dealkylation sites (tertiary alicyclic amines) is 1. The number of aromatic amines is 1. The van der Waals surface area contributed by atoms with E-state index in [-0.39, 0.29) is 5.91 Å². The second-order valence-corrected chi connectivity index (χ2v) is 7.37. The maximum Gasteiger partial charge on any atom is 0.238 e. The van der Waals surface area contributed by atoms with Gasteiger partial charge in [0.05, 0.1) is 17.9 Å². The highest BCUT2D eigenvalue weighted by molar-refractivity contribution is 5.93. The largest absolute Gasteiger partial charge is 0.325 e. The first-order valence-corrected chi connectivity index (χ1v) is 9.56. The number of hydrogen-bond donors (Lipinski definition) is 2. The van der Waals surface area contributed by atoms with Crippen molar-refractivity contribution in [3.8, 4) is 22.5 Å². The molecule has 2 heterocycles. The van der Waals surface area contributed by atoms with Gasteiger partial charge in [-0.15, -0.1) is 0 Å². The van der Waals surface area contributed by atoms with Crippen LogP contribution in [0.1, 0.15) is 24.0 Å². The summed E-state index contributed by atoms with van der Waals surface area (Å²) < 4.78 is 0. The molecule has 27 heavy (non-hydrogen) atoms. The molecule has 0 unspecified atom stereocenters. The van der Waals surface area contributed by atoms with E-state index in [2.05, 4.69) is 44.7 Å². The Kier molecular flexibility index (Phi) is 4.02. The second kappa shape index (κ2) is 6.67. The van der Waals surface area contributed by atoms with Crippen LogP contribution in [0.25, 0.3) is 22.5 Å². The quantitative estimate of drug-likeness (QED) is 0.585. The van der Waals surface area contributed by atoms with E-state index in [0.29, 0.717) is 6.54 Å². The Balaban J connectivity index is 1.35. The third-order valence-electron chi connectivity index (χ3n) is 5.51. The van der Waals surface area contributed by atoms with Gasteiger partial charge < -0.3 is 5.32 Å². The second-order valence-electron chi connectivity index (χ2n) is 7.37. The predicted molar refractivity (Wildman–Crippen MR) is 107 cm³/mol. The lowest BCUT2D eigenvalue weighted by Gasteiger charge is -2.14. The molecule has 5 heteroatoms. The third-order valence-corrected chi connectivity index (χ3v) is 5.51. The van der Waals surface area contributed by atoms with Crippen LogP contribution in [0.3, 0.4) is 0 Å². The van der Waals surface area contributed by atoms with Crippen molar-refractivity contribution in [1.29, 1.82) is 0 Å². The van der Waals surface area contributed by atoms with Gasteiger partial charge in [-0.3, -0.25) is 14.8 Å². The van der Waals surface area contributed by atoms with Crippen LogP contribution in [0, 0.1) is 0 Å². The van der Waals surface area contributed by atoms with E-state index in [1.54, 1.807) is 0 Å². The van der Waals surface area contributed by atoms with Gasteiger partial charge in [0.15, 0.2) is 0 Å². The lowest BCUT2D eigenvalue weighted by atomic mass is 10.1. The summed E-state index contributed by atoms with van der Waals surface area (Å²) in [5.41, 5.74) is 7.75. The average molecular weight is 358 g/mol.